The van der Waals surface area contributed by atoms with Crippen LogP contribution in [0.25, 0.3) is 0 Å². The Labute approximate surface area is 131 Å². The van der Waals surface area contributed by atoms with Gasteiger partial charge in [0.1, 0.15) is 0 Å². The molecule has 19 heavy (non-hydrogen) atoms. The molecule has 0 fully saturated rings. The van der Waals surface area contributed by atoms with Crippen molar-refractivity contribution in [1.29, 1.82) is 0 Å². The lowest BCUT2D eigenvalue weighted by Gasteiger charge is -2.17. The summed E-state index contributed by atoms with van der Waals surface area (Å²) in [6.07, 6.45) is 5.07. The Balaban J connectivity index is 1.92. The first-order valence-electron chi connectivity index (χ1n) is 6.86. The summed E-state index contributed by atoms with van der Waals surface area (Å²) in [5.74, 6) is 0. The van der Waals surface area contributed by atoms with Gasteiger partial charge in [-0.25, -0.2) is 0 Å². The highest BCUT2D eigenvalue weighted by Crippen LogP contribution is 2.38. The normalized spacial score (nSPS) is 15.7. The standard InChI is InChI=1S/C15H18BrNS2/c1-2-6-17-15(11-8-18-9-12(11)16)14-7-10-4-3-5-13(10)19-14/h7-9,15,17H,2-6H2,1H3. The number of nitrogens with one attached hydrogen (secondary N) is 1. The SMILES string of the molecule is CCCNC(c1cc2c(s1)CCC2)c1cscc1Br. The molecule has 0 saturated carbocycles. The predicted octanol–water partition coefficient (Wildman–Crippen LogP) is 5.15. The van der Waals surface area contributed by atoms with Crippen LogP contribution in [-0.4, -0.2) is 6.54 Å². The van der Waals surface area contributed by atoms with Gasteiger partial charge in [0.15, 0.2) is 0 Å². The monoisotopic (exact) mass is 355 g/mol. The molecule has 1 atom stereocenters. The molecule has 1 unspecified atom stereocenters. The van der Waals surface area contributed by atoms with E-state index in [0.29, 0.717) is 6.04 Å². The van der Waals surface area contributed by atoms with Crippen molar-refractivity contribution in [2.75, 3.05) is 6.54 Å². The molecule has 1 N–H and O–H groups in total. The lowest BCUT2D eigenvalue weighted by Crippen LogP contribution is -2.22. The Bertz CT molecular complexity index is 537. The smallest absolute Gasteiger partial charge is 0.0690 e. The molecule has 1 nitrogen and oxygen atoms in total. The minimum absolute atomic E-state index is 0.358. The Morgan fingerprint density at radius 1 is 1.37 bits per heavy atom. The zero-order valence-electron chi connectivity index (χ0n) is 11.0. The van der Waals surface area contributed by atoms with E-state index in [4.69, 9.17) is 0 Å². The number of fused-ring (bicyclic) bond motifs is 1. The summed E-state index contributed by atoms with van der Waals surface area (Å²) in [5, 5.41) is 8.15. The van der Waals surface area contributed by atoms with Gasteiger partial charge in [0.2, 0.25) is 0 Å². The molecule has 2 heterocycles. The molecule has 0 aromatic carbocycles. The number of hydrogen-bond acceptors (Lipinski definition) is 3. The first-order valence-corrected chi connectivity index (χ1v) is 9.41. The van der Waals surface area contributed by atoms with Crippen molar-refractivity contribution in [2.45, 2.75) is 38.6 Å². The van der Waals surface area contributed by atoms with Gasteiger partial charge in [0.05, 0.1) is 6.04 Å². The summed E-state index contributed by atoms with van der Waals surface area (Å²) in [7, 11) is 0. The maximum absolute atomic E-state index is 3.70. The predicted molar refractivity (Wildman–Crippen MR) is 88.5 cm³/mol. The molecule has 102 valence electrons. The van der Waals surface area contributed by atoms with Crippen LogP contribution < -0.4 is 5.32 Å². The molecule has 0 amide bonds. The van der Waals surface area contributed by atoms with E-state index in [9.17, 15) is 0 Å². The molecule has 0 saturated heterocycles. The second-order valence-electron chi connectivity index (χ2n) is 5.01. The fraction of sp³-hybridized carbons (Fsp3) is 0.467. The molecule has 0 radical (unpaired) electrons. The summed E-state index contributed by atoms with van der Waals surface area (Å²) in [5.41, 5.74) is 2.98. The van der Waals surface area contributed by atoms with Gasteiger partial charge in [-0.05, 0) is 70.7 Å². The van der Waals surface area contributed by atoms with Crippen molar-refractivity contribution in [3.05, 3.63) is 42.2 Å². The number of hydrogen-bond donors (Lipinski definition) is 1. The Morgan fingerprint density at radius 2 is 2.26 bits per heavy atom. The number of aryl methyl sites for hydroxylation is 2. The van der Waals surface area contributed by atoms with Crippen LogP contribution >= 0.6 is 38.6 Å². The fourth-order valence-corrected chi connectivity index (χ4v) is 5.55. The van der Waals surface area contributed by atoms with Crippen LogP contribution in [0.5, 0.6) is 0 Å². The summed E-state index contributed by atoms with van der Waals surface area (Å²) in [4.78, 5) is 3.10. The summed E-state index contributed by atoms with van der Waals surface area (Å²) < 4.78 is 1.24. The molecular formula is C15H18BrNS2. The number of rotatable bonds is 5. The van der Waals surface area contributed by atoms with Gasteiger partial charge < -0.3 is 5.32 Å². The zero-order valence-corrected chi connectivity index (χ0v) is 14.3. The van der Waals surface area contributed by atoms with Crippen LogP contribution in [0.4, 0.5) is 0 Å². The molecule has 1 aliphatic rings. The molecule has 2 aromatic heterocycles. The van der Waals surface area contributed by atoms with E-state index in [1.54, 1.807) is 21.8 Å². The average Bonchev–Trinajstić information content (AvgIpc) is 3.06. The minimum Gasteiger partial charge on any atom is -0.306 e. The first-order chi connectivity index (χ1) is 9.29. The molecule has 3 rings (SSSR count). The van der Waals surface area contributed by atoms with Gasteiger partial charge in [0.25, 0.3) is 0 Å². The van der Waals surface area contributed by atoms with E-state index in [0.717, 1.165) is 6.54 Å². The van der Waals surface area contributed by atoms with Gasteiger partial charge in [-0.15, -0.1) is 11.3 Å². The van der Waals surface area contributed by atoms with E-state index >= 15 is 0 Å². The van der Waals surface area contributed by atoms with Gasteiger partial charge in [-0.1, -0.05) is 6.92 Å². The Kier molecular flexibility index (Phi) is 4.42. The number of thiophene rings is 2. The van der Waals surface area contributed by atoms with Crippen molar-refractivity contribution >= 4 is 38.6 Å². The quantitative estimate of drug-likeness (QED) is 0.781. The van der Waals surface area contributed by atoms with Crippen LogP contribution in [0.1, 0.15) is 46.7 Å². The van der Waals surface area contributed by atoms with E-state index in [1.165, 1.54) is 40.6 Å². The summed E-state index contributed by atoms with van der Waals surface area (Å²) in [6.45, 7) is 3.29. The topological polar surface area (TPSA) is 12.0 Å². The van der Waals surface area contributed by atoms with Crippen molar-refractivity contribution in [2.24, 2.45) is 0 Å². The second kappa shape index (κ2) is 6.08. The van der Waals surface area contributed by atoms with Crippen LogP contribution in [0, 0.1) is 0 Å². The summed E-state index contributed by atoms with van der Waals surface area (Å²) in [6, 6.07) is 2.79. The minimum atomic E-state index is 0.358. The first kappa shape index (κ1) is 13.8. The number of halogens is 1. The molecule has 0 bridgehead atoms. The zero-order chi connectivity index (χ0) is 13.2. The third-order valence-electron chi connectivity index (χ3n) is 3.60. The third-order valence-corrected chi connectivity index (χ3v) is 6.66. The Morgan fingerprint density at radius 3 is 2.95 bits per heavy atom. The third kappa shape index (κ3) is 2.82. The van der Waals surface area contributed by atoms with Crippen molar-refractivity contribution in [1.82, 2.24) is 5.32 Å². The Hall–Kier alpha value is -0.160. The van der Waals surface area contributed by atoms with Crippen LogP contribution in [-0.2, 0) is 12.8 Å². The molecule has 2 aromatic rings. The lowest BCUT2D eigenvalue weighted by molar-refractivity contribution is 0.605. The summed E-state index contributed by atoms with van der Waals surface area (Å²) >= 11 is 7.47. The average molecular weight is 356 g/mol. The molecule has 0 aliphatic heterocycles. The second-order valence-corrected chi connectivity index (χ2v) is 7.78. The maximum atomic E-state index is 3.70. The van der Waals surface area contributed by atoms with Crippen LogP contribution in [0.3, 0.4) is 0 Å². The van der Waals surface area contributed by atoms with Gasteiger partial charge in [-0.3, -0.25) is 0 Å². The maximum Gasteiger partial charge on any atom is 0.0690 e. The van der Waals surface area contributed by atoms with Gasteiger partial charge in [0, 0.05) is 19.6 Å². The van der Waals surface area contributed by atoms with E-state index in [-0.39, 0.29) is 0 Å². The van der Waals surface area contributed by atoms with Crippen molar-refractivity contribution < 1.29 is 0 Å². The molecule has 4 heteroatoms. The van der Waals surface area contributed by atoms with Gasteiger partial charge in [-0.2, -0.15) is 11.3 Å². The largest absolute Gasteiger partial charge is 0.306 e. The van der Waals surface area contributed by atoms with E-state index < -0.39 is 0 Å². The fourth-order valence-electron chi connectivity index (χ4n) is 2.64. The molecular weight excluding hydrogens is 338 g/mol. The van der Waals surface area contributed by atoms with Crippen LogP contribution in [0.2, 0.25) is 0 Å². The highest BCUT2D eigenvalue weighted by molar-refractivity contribution is 9.10. The molecule has 0 spiro atoms. The van der Waals surface area contributed by atoms with E-state index in [2.05, 4.69) is 45.0 Å². The lowest BCUT2D eigenvalue weighted by atomic mass is 10.1. The van der Waals surface area contributed by atoms with E-state index in [1.807, 2.05) is 11.3 Å². The van der Waals surface area contributed by atoms with Crippen LogP contribution in [0.15, 0.2) is 21.3 Å². The van der Waals surface area contributed by atoms with Crippen molar-refractivity contribution in [3.8, 4) is 0 Å². The molecule has 1 aliphatic carbocycles. The van der Waals surface area contributed by atoms with Crippen molar-refractivity contribution in [3.63, 3.8) is 0 Å². The van der Waals surface area contributed by atoms with Gasteiger partial charge >= 0.3 is 0 Å². The highest BCUT2D eigenvalue weighted by atomic mass is 79.9. The highest BCUT2D eigenvalue weighted by Gasteiger charge is 2.22.